The molecular formula is C14H18N8. The van der Waals surface area contributed by atoms with Crippen molar-refractivity contribution in [2.24, 2.45) is 10.2 Å². The summed E-state index contributed by atoms with van der Waals surface area (Å²) in [6.07, 6.45) is 2.97. The van der Waals surface area contributed by atoms with E-state index in [-0.39, 0.29) is 0 Å². The van der Waals surface area contributed by atoms with Gasteiger partial charge < -0.3 is 0 Å². The third-order valence-corrected chi connectivity index (χ3v) is 2.51. The van der Waals surface area contributed by atoms with E-state index in [1.165, 1.54) is 12.4 Å². The fourth-order valence-electron chi connectivity index (χ4n) is 1.81. The van der Waals surface area contributed by atoms with E-state index in [0.29, 0.717) is 11.9 Å². The second kappa shape index (κ2) is 7.21. The molecule has 0 saturated carbocycles. The standard InChI is InChI=1S/C14H18N8/c1-9-7-10(2)18-13(17-9)21-15-5-6-16-22-14-19-11(3)8-12(4)20-14/h5-8H,1-4H3,(H,17,18,21)(H,19,20,22)/b15-5+,16-6+. The fourth-order valence-corrected chi connectivity index (χ4v) is 1.81. The minimum Gasteiger partial charge on any atom is -0.245 e. The maximum atomic E-state index is 4.20. The molecule has 0 aromatic carbocycles. The van der Waals surface area contributed by atoms with Crippen molar-refractivity contribution >= 4 is 24.3 Å². The van der Waals surface area contributed by atoms with Crippen LogP contribution >= 0.6 is 0 Å². The van der Waals surface area contributed by atoms with Crippen LogP contribution in [0.4, 0.5) is 11.9 Å². The monoisotopic (exact) mass is 298 g/mol. The number of anilines is 2. The molecule has 2 heterocycles. The number of hydrogen-bond donors (Lipinski definition) is 2. The number of aromatic nitrogens is 4. The Labute approximate surface area is 128 Å². The van der Waals surface area contributed by atoms with Crippen LogP contribution in [0.3, 0.4) is 0 Å². The molecular weight excluding hydrogens is 280 g/mol. The highest BCUT2D eigenvalue weighted by Crippen LogP contribution is 2.03. The van der Waals surface area contributed by atoms with Crippen molar-refractivity contribution in [3.63, 3.8) is 0 Å². The number of aryl methyl sites for hydroxylation is 4. The van der Waals surface area contributed by atoms with Gasteiger partial charge in [-0.15, -0.1) is 0 Å². The Morgan fingerprint density at radius 3 is 1.32 bits per heavy atom. The van der Waals surface area contributed by atoms with Gasteiger partial charge in [-0.3, -0.25) is 0 Å². The van der Waals surface area contributed by atoms with E-state index in [2.05, 4.69) is 41.0 Å². The van der Waals surface area contributed by atoms with E-state index in [4.69, 9.17) is 0 Å². The highest BCUT2D eigenvalue weighted by molar-refractivity contribution is 6.16. The molecule has 0 aliphatic rings. The first-order valence-electron chi connectivity index (χ1n) is 6.74. The molecule has 0 amide bonds. The van der Waals surface area contributed by atoms with Gasteiger partial charge >= 0.3 is 0 Å². The van der Waals surface area contributed by atoms with Gasteiger partial charge in [-0.25, -0.2) is 30.8 Å². The van der Waals surface area contributed by atoms with Crippen molar-refractivity contribution in [3.05, 3.63) is 34.9 Å². The van der Waals surface area contributed by atoms with Gasteiger partial charge in [0.2, 0.25) is 11.9 Å². The van der Waals surface area contributed by atoms with Gasteiger partial charge in [-0.2, -0.15) is 10.2 Å². The van der Waals surface area contributed by atoms with Crippen LogP contribution in [0.5, 0.6) is 0 Å². The summed E-state index contributed by atoms with van der Waals surface area (Å²) in [5, 5.41) is 7.92. The highest BCUT2D eigenvalue weighted by Gasteiger charge is 1.97. The van der Waals surface area contributed by atoms with Gasteiger partial charge in [-0.05, 0) is 39.8 Å². The molecule has 114 valence electrons. The molecule has 0 fully saturated rings. The third kappa shape index (κ3) is 4.89. The Morgan fingerprint density at radius 1 is 0.682 bits per heavy atom. The Balaban J connectivity index is 1.86. The zero-order valence-corrected chi connectivity index (χ0v) is 13.0. The number of nitrogens with one attached hydrogen (secondary N) is 2. The molecule has 0 atom stereocenters. The molecule has 2 aromatic heterocycles. The van der Waals surface area contributed by atoms with E-state index in [0.717, 1.165) is 22.8 Å². The average Bonchev–Trinajstić information content (AvgIpc) is 2.40. The minimum atomic E-state index is 0.452. The van der Waals surface area contributed by atoms with Gasteiger partial charge in [0, 0.05) is 22.8 Å². The Kier molecular flexibility index (Phi) is 5.07. The maximum absolute atomic E-state index is 4.20. The lowest BCUT2D eigenvalue weighted by Crippen LogP contribution is -2.01. The number of rotatable bonds is 5. The van der Waals surface area contributed by atoms with Crippen molar-refractivity contribution in [1.29, 1.82) is 0 Å². The first-order chi connectivity index (χ1) is 10.5. The largest absolute Gasteiger partial charge is 0.245 e. The third-order valence-electron chi connectivity index (χ3n) is 2.51. The SMILES string of the molecule is Cc1cc(C)nc(N/N=C/C=N/Nc2nc(C)cc(C)n2)n1. The zero-order valence-electron chi connectivity index (χ0n) is 13.0. The molecule has 0 unspecified atom stereocenters. The second-order valence-electron chi connectivity index (χ2n) is 4.73. The lowest BCUT2D eigenvalue weighted by molar-refractivity contribution is 1.03. The van der Waals surface area contributed by atoms with E-state index < -0.39 is 0 Å². The van der Waals surface area contributed by atoms with Gasteiger partial charge in [0.1, 0.15) is 0 Å². The van der Waals surface area contributed by atoms with E-state index in [1.807, 2.05) is 39.8 Å². The summed E-state index contributed by atoms with van der Waals surface area (Å²) in [7, 11) is 0. The number of hydrogen-bond acceptors (Lipinski definition) is 8. The molecule has 8 nitrogen and oxygen atoms in total. The quantitative estimate of drug-likeness (QED) is 0.647. The van der Waals surface area contributed by atoms with Crippen LogP contribution in [-0.2, 0) is 0 Å². The molecule has 0 spiro atoms. The molecule has 0 aliphatic carbocycles. The summed E-state index contributed by atoms with van der Waals surface area (Å²) in [4.78, 5) is 16.8. The van der Waals surface area contributed by atoms with Gasteiger partial charge in [0.15, 0.2) is 0 Å². The molecule has 0 saturated heterocycles. The predicted octanol–water partition coefficient (Wildman–Crippen LogP) is 2.00. The summed E-state index contributed by atoms with van der Waals surface area (Å²) in [6, 6.07) is 3.79. The molecule has 2 aromatic rings. The summed E-state index contributed by atoms with van der Waals surface area (Å²) < 4.78 is 0. The Morgan fingerprint density at radius 2 is 1.00 bits per heavy atom. The summed E-state index contributed by atoms with van der Waals surface area (Å²) in [5.74, 6) is 0.903. The molecule has 8 heteroatoms. The van der Waals surface area contributed by atoms with Crippen molar-refractivity contribution < 1.29 is 0 Å². The predicted molar refractivity (Wildman–Crippen MR) is 87.2 cm³/mol. The summed E-state index contributed by atoms with van der Waals surface area (Å²) in [5.41, 5.74) is 9.01. The topological polar surface area (TPSA) is 100 Å². The van der Waals surface area contributed by atoms with Crippen LogP contribution in [0, 0.1) is 27.7 Å². The fraction of sp³-hybridized carbons (Fsp3) is 0.286. The van der Waals surface area contributed by atoms with E-state index in [1.54, 1.807) is 0 Å². The first kappa shape index (κ1) is 15.5. The summed E-state index contributed by atoms with van der Waals surface area (Å²) >= 11 is 0. The molecule has 2 N–H and O–H groups in total. The van der Waals surface area contributed by atoms with Crippen LogP contribution in [0.25, 0.3) is 0 Å². The normalized spacial score (nSPS) is 11.3. The minimum absolute atomic E-state index is 0.452. The molecule has 0 aliphatic heterocycles. The van der Waals surface area contributed by atoms with Crippen molar-refractivity contribution in [2.75, 3.05) is 10.9 Å². The smallest absolute Gasteiger partial charge is 0.243 e. The lowest BCUT2D eigenvalue weighted by Gasteiger charge is -2.01. The number of hydrazone groups is 2. The van der Waals surface area contributed by atoms with Crippen LogP contribution in [-0.4, -0.2) is 32.4 Å². The molecule has 2 rings (SSSR count). The lowest BCUT2D eigenvalue weighted by atomic mass is 10.4. The summed E-state index contributed by atoms with van der Waals surface area (Å²) in [6.45, 7) is 7.61. The zero-order chi connectivity index (χ0) is 15.9. The molecule has 0 bridgehead atoms. The van der Waals surface area contributed by atoms with Crippen LogP contribution in [0.1, 0.15) is 22.8 Å². The Bertz CT molecular complexity index is 606. The van der Waals surface area contributed by atoms with Crippen molar-refractivity contribution in [2.45, 2.75) is 27.7 Å². The van der Waals surface area contributed by atoms with Crippen molar-refractivity contribution in [3.8, 4) is 0 Å². The van der Waals surface area contributed by atoms with Gasteiger partial charge in [-0.1, -0.05) is 0 Å². The average molecular weight is 298 g/mol. The van der Waals surface area contributed by atoms with Crippen LogP contribution in [0.2, 0.25) is 0 Å². The van der Waals surface area contributed by atoms with Gasteiger partial charge in [0.05, 0.1) is 12.4 Å². The first-order valence-corrected chi connectivity index (χ1v) is 6.74. The number of nitrogens with zero attached hydrogens (tertiary/aromatic N) is 6. The van der Waals surface area contributed by atoms with Crippen LogP contribution < -0.4 is 10.9 Å². The van der Waals surface area contributed by atoms with Gasteiger partial charge in [0.25, 0.3) is 0 Å². The van der Waals surface area contributed by atoms with E-state index in [9.17, 15) is 0 Å². The van der Waals surface area contributed by atoms with Crippen molar-refractivity contribution in [1.82, 2.24) is 19.9 Å². The van der Waals surface area contributed by atoms with Crippen LogP contribution in [0.15, 0.2) is 22.3 Å². The molecule has 22 heavy (non-hydrogen) atoms. The Hall–Kier alpha value is -2.90. The maximum Gasteiger partial charge on any atom is 0.243 e. The van der Waals surface area contributed by atoms with E-state index >= 15 is 0 Å². The second-order valence-corrected chi connectivity index (χ2v) is 4.73. The highest BCUT2D eigenvalue weighted by atomic mass is 15.4. The molecule has 0 radical (unpaired) electrons.